The van der Waals surface area contributed by atoms with Crippen LogP contribution in [0.3, 0.4) is 0 Å². The van der Waals surface area contributed by atoms with E-state index in [0.29, 0.717) is 10.7 Å². The highest BCUT2D eigenvalue weighted by atomic mass is 79.9. The summed E-state index contributed by atoms with van der Waals surface area (Å²) in [6, 6.07) is 6.33. The minimum atomic E-state index is -1.43. The van der Waals surface area contributed by atoms with Gasteiger partial charge in [-0.25, -0.2) is 4.79 Å². The molecule has 0 radical (unpaired) electrons. The van der Waals surface area contributed by atoms with Crippen molar-refractivity contribution in [2.45, 2.75) is 24.2 Å². The lowest BCUT2D eigenvalue weighted by Gasteiger charge is -2.33. The summed E-state index contributed by atoms with van der Waals surface area (Å²) in [4.78, 5) is 36.7. The van der Waals surface area contributed by atoms with Crippen LogP contribution in [0, 0.1) is 0 Å². The van der Waals surface area contributed by atoms with Crippen LogP contribution in [0.15, 0.2) is 24.3 Å². The van der Waals surface area contributed by atoms with E-state index in [1.54, 1.807) is 31.2 Å². The Bertz CT molecular complexity index is 603. The van der Waals surface area contributed by atoms with Crippen molar-refractivity contribution in [3.05, 3.63) is 29.3 Å². The van der Waals surface area contributed by atoms with E-state index in [1.165, 1.54) is 6.92 Å². The van der Waals surface area contributed by atoms with E-state index in [0.717, 1.165) is 4.90 Å². The summed E-state index contributed by atoms with van der Waals surface area (Å²) >= 11 is 8.97. The van der Waals surface area contributed by atoms with Crippen LogP contribution in [0.2, 0.25) is 5.02 Å². The summed E-state index contributed by atoms with van der Waals surface area (Å²) in [6.45, 7) is 3.32. The maximum atomic E-state index is 12.3. The minimum absolute atomic E-state index is 0.158. The average Bonchev–Trinajstić information content (AvgIpc) is 2.63. The van der Waals surface area contributed by atoms with Crippen molar-refractivity contribution in [2.24, 2.45) is 0 Å². The first-order chi connectivity index (χ1) is 9.83. The Morgan fingerprint density at radius 1 is 1.38 bits per heavy atom. The second-order valence-electron chi connectivity index (χ2n) is 4.71. The zero-order valence-electron chi connectivity index (χ0n) is 11.4. The van der Waals surface area contributed by atoms with Gasteiger partial charge < -0.3 is 4.74 Å². The SMILES string of the molecule is CCOC(=O)C1(C)C(Br)C(=O)C(=O)N1c1ccc(Cl)cc1. The van der Waals surface area contributed by atoms with Gasteiger partial charge in [-0.05, 0) is 38.1 Å². The zero-order valence-corrected chi connectivity index (χ0v) is 13.8. The number of esters is 1. The molecule has 1 heterocycles. The van der Waals surface area contributed by atoms with Crippen molar-refractivity contribution in [3.63, 3.8) is 0 Å². The maximum absolute atomic E-state index is 12.3. The maximum Gasteiger partial charge on any atom is 0.333 e. The van der Waals surface area contributed by atoms with E-state index < -0.39 is 28.0 Å². The van der Waals surface area contributed by atoms with E-state index in [-0.39, 0.29) is 6.61 Å². The van der Waals surface area contributed by atoms with Gasteiger partial charge in [0.15, 0.2) is 5.54 Å². The van der Waals surface area contributed by atoms with Crippen molar-refractivity contribution >= 4 is 50.9 Å². The van der Waals surface area contributed by atoms with Gasteiger partial charge in [-0.15, -0.1) is 0 Å². The molecule has 0 bridgehead atoms. The van der Waals surface area contributed by atoms with Gasteiger partial charge in [0.2, 0.25) is 5.78 Å². The molecule has 0 N–H and O–H groups in total. The summed E-state index contributed by atoms with van der Waals surface area (Å²) in [6.07, 6.45) is 0. The van der Waals surface area contributed by atoms with E-state index in [4.69, 9.17) is 16.3 Å². The summed E-state index contributed by atoms with van der Waals surface area (Å²) in [5, 5.41) is 0.491. The van der Waals surface area contributed by atoms with Gasteiger partial charge in [-0.3, -0.25) is 14.5 Å². The lowest BCUT2D eigenvalue weighted by Crippen LogP contribution is -2.55. The highest BCUT2D eigenvalue weighted by Gasteiger charge is 2.60. The molecule has 21 heavy (non-hydrogen) atoms. The first-order valence-corrected chi connectivity index (χ1v) is 7.58. The van der Waals surface area contributed by atoms with Gasteiger partial charge in [-0.2, -0.15) is 0 Å². The number of halogens is 2. The van der Waals surface area contributed by atoms with Gasteiger partial charge in [0, 0.05) is 10.7 Å². The number of ketones is 1. The molecule has 5 nitrogen and oxygen atoms in total. The summed E-state index contributed by atoms with van der Waals surface area (Å²) in [5.41, 5.74) is -1.02. The highest BCUT2D eigenvalue weighted by Crippen LogP contribution is 2.38. The molecule has 7 heteroatoms. The molecule has 112 valence electrons. The van der Waals surface area contributed by atoms with Gasteiger partial charge in [-0.1, -0.05) is 27.5 Å². The van der Waals surface area contributed by atoms with E-state index in [9.17, 15) is 14.4 Å². The van der Waals surface area contributed by atoms with Crippen LogP contribution in [-0.4, -0.2) is 34.6 Å². The van der Waals surface area contributed by atoms with Gasteiger partial charge >= 0.3 is 5.97 Å². The smallest absolute Gasteiger partial charge is 0.333 e. The fraction of sp³-hybridized carbons (Fsp3) is 0.357. The lowest BCUT2D eigenvalue weighted by atomic mass is 9.98. The van der Waals surface area contributed by atoms with Crippen molar-refractivity contribution in [3.8, 4) is 0 Å². The number of hydrogen-bond donors (Lipinski definition) is 0. The molecule has 2 atom stereocenters. The van der Waals surface area contributed by atoms with E-state index >= 15 is 0 Å². The molecule has 0 saturated carbocycles. The first kappa shape index (κ1) is 16.0. The fourth-order valence-electron chi connectivity index (χ4n) is 2.25. The van der Waals surface area contributed by atoms with Gasteiger partial charge in [0.1, 0.15) is 4.83 Å². The van der Waals surface area contributed by atoms with Gasteiger partial charge in [0.25, 0.3) is 5.91 Å². The van der Waals surface area contributed by atoms with E-state index in [2.05, 4.69) is 15.9 Å². The molecule has 2 unspecified atom stereocenters. The molecule has 1 fully saturated rings. The monoisotopic (exact) mass is 373 g/mol. The Hall–Kier alpha value is -1.40. The fourth-order valence-corrected chi connectivity index (χ4v) is 2.96. The molecular weight excluding hydrogens is 362 g/mol. The topological polar surface area (TPSA) is 63.7 Å². The van der Waals surface area contributed by atoms with Crippen LogP contribution >= 0.6 is 27.5 Å². The number of benzene rings is 1. The number of Topliss-reactive ketones (excluding diaryl/α,β-unsaturated/α-hetero) is 1. The van der Waals surface area contributed by atoms with E-state index in [1.807, 2.05) is 0 Å². The minimum Gasteiger partial charge on any atom is -0.464 e. The molecule has 0 aromatic heterocycles. The number of hydrogen-bond acceptors (Lipinski definition) is 4. The lowest BCUT2D eigenvalue weighted by molar-refractivity contribution is -0.149. The third kappa shape index (κ3) is 2.46. The predicted octanol–water partition coefficient (Wildman–Crippen LogP) is 2.34. The van der Waals surface area contributed by atoms with Crippen LogP contribution in [0.1, 0.15) is 13.8 Å². The number of carbonyl (C=O) groups excluding carboxylic acids is 3. The molecule has 1 amide bonds. The van der Waals surface area contributed by atoms with Crippen molar-refractivity contribution in [1.29, 1.82) is 0 Å². The quantitative estimate of drug-likeness (QED) is 0.463. The molecule has 1 aliphatic heterocycles. The van der Waals surface area contributed by atoms with Crippen LogP contribution in [0.4, 0.5) is 5.69 Å². The molecule has 1 aliphatic rings. The van der Waals surface area contributed by atoms with Crippen LogP contribution in [0.25, 0.3) is 0 Å². The first-order valence-electron chi connectivity index (χ1n) is 6.29. The van der Waals surface area contributed by atoms with Crippen molar-refractivity contribution < 1.29 is 19.1 Å². The largest absolute Gasteiger partial charge is 0.464 e. The van der Waals surface area contributed by atoms with Crippen molar-refractivity contribution in [1.82, 2.24) is 0 Å². The van der Waals surface area contributed by atoms with Gasteiger partial charge in [0.05, 0.1) is 6.61 Å². The number of rotatable bonds is 3. The zero-order chi connectivity index (χ0) is 15.8. The summed E-state index contributed by atoms with van der Waals surface area (Å²) < 4.78 is 5.03. The number of nitrogens with zero attached hydrogens (tertiary/aromatic N) is 1. The summed E-state index contributed by atoms with van der Waals surface area (Å²) in [5.74, 6) is -2.07. The van der Waals surface area contributed by atoms with Crippen LogP contribution < -0.4 is 4.90 Å². The highest BCUT2D eigenvalue weighted by molar-refractivity contribution is 9.10. The average molecular weight is 375 g/mol. The Kier molecular flexibility index (Phi) is 4.39. The number of carbonyl (C=O) groups is 3. The molecule has 1 saturated heterocycles. The Morgan fingerprint density at radius 2 is 1.95 bits per heavy atom. The molecule has 0 spiro atoms. The molecule has 1 aromatic carbocycles. The second kappa shape index (κ2) is 5.77. The Balaban J connectivity index is 2.53. The molecule has 1 aromatic rings. The van der Waals surface area contributed by atoms with Crippen LogP contribution in [0.5, 0.6) is 0 Å². The number of ether oxygens (including phenoxy) is 1. The molecule has 2 rings (SSSR count). The number of alkyl halides is 1. The molecular formula is C14H13BrClNO4. The predicted molar refractivity (Wildman–Crippen MR) is 81.7 cm³/mol. The third-order valence-electron chi connectivity index (χ3n) is 3.38. The number of anilines is 1. The number of amides is 1. The summed E-state index contributed by atoms with van der Waals surface area (Å²) in [7, 11) is 0. The van der Waals surface area contributed by atoms with Crippen LogP contribution in [-0.2, 0) is 19.1 Å². The Labute approximate surface area is 135 Å². The molecule has 0 aliphatic carbocycles. The second-order valence-corrected chi connectivity index (χ2v) is 6.06. The normalized spacial score (nSPS) is 25.3. The third-order valence-corrected chi connectivity index (χ3v) is 4.93. The Morgan fingerprint density at radius 3 is 2.48 bits per heavy atom. The van der Waals surface area contributed by atoms with Crippen molar-refractivity contribution in [2.75, 3.05) is 11.5 Å². The standard InChI is InChI=1S/C14H13BrClNO4/c1-3-21-13(20)14(2)11(15)10(18)12(19)17(14)9-6-4-8(16)5-7-9/h4-7,11H,3H2,1-2H3.